The standard InChI is InChI=1S/C18H11Cl2NO2/c19-14-8-6-13(7-9-14)17-21-16(18(22)23-17)11-15(20)10-12-4-2-1-3-5-12/h1-11H. The summed E-state index contributed by atoms with van der Waals surface area (Å²) >= 11 is 12.0. The van der Waals surface area contributed by atoms with Crippen LogP contribution in [0, 0.1) is 0 Å². The normalized spacial score (nSPS) is 16.4. The average molecular weight is 344 g/mol. The fraction of sp³-hybridized carbons (Fsp3) is 0. The van der Waals surface area contributed by atoms with Gasteiger partial charge < -0.3 is 4.74 Å². The lowest BCUT2D eigenvalue weighted by molar-refractivity contribution is -0.130. The minimum absolute atomic E-state index is 0.159. The number of hydrogen-bond donors (Lipinski definition) is 0. The molecule has 0 saturated carbocycles. The van der Waals surface area contributed by atoms with Gasteiger partial charge in [-0.05, 0) is 42.0 Å². The fourth-order valence-corrected chi connectivity index (χ4v) is 2.36. The average Bonchev–Trinajstić information content (AvgIpc) is 2.90. The van der Waals surface area contributed by atoms with Crippen LogP contribution >= 0.6 is 23.2 Å². The summed E-state index contributed by atoms with van der Waals surface area (Å²) in [7, 11) is 0. The van der Waals surface area contributed by atoms with Gasteiger partial charge in [0, 0.05) is 15.6 Å². The van der Waals surface area contributed by atoms with Crippen LogP contribution in [0.4, 0.5) is 0 Å². The molecule has 1 aliphatic heterocycles. The molecular weight excluding hydrogens is 333 g/mol. The van der Waals surface area contributed by atoms with Gasteiger partial charge in [-0.25, -0.2) is 9.79 Å². The van der Waals surface area contributed by atoms with E-state index in [-0.39, 0.29) is 11.6 Å². The number of halogens is 2. The van der Waals surface area contributed by atoms with Crippen molar-refractivity contribution in [1.82, 2.24) is 0 Å². The van der Waals surface area contributed by atoms with Gasteiger partial charge in [0.1, 0.15) is 0 Å². The summed E-state index contributed by atoms with van der Waals surface area (Å²) in [6.07, 6.45) is 3.23. The Morgan fingerprint density at radius 3 is 2.43 bits per heavy atom. The molecule has 0 saturated heterocycles. The molecule has 1 aliphatic rings. The number of nitrogens with zero attached hydrogens (tertiary/aromatic N) is 1. The van der Waals surface area contributed by atoms with Crippen LogP contribution in [0.25, 0.3) is 6.08 Å². The van der Waals surface area contributed by atoms with Crippen molar-refractivity contribution in [3.05, 3.63) is 87.6 Å². The maximum Gasteiger partial charge on any atom is 0.363 e. The first-order valence-corrected chi connectivity index (χ1v) is 7.58. The van der Waals surface area contributed by atoms with Crippen LogP contribution in [0.5, 0.6) is 0 Å². The van der Waals surface area contributed by atoms with Gasteiger partial charge in [0.05, 0.1) is 0 Å². The molecular formula is C18H11Cl2NO2. The molecule has 2 aromatic rings. The van der Waals surface area contributed by atoms with Crippen molar-refractivity contribution in [2.45, 2.75) is 0 Å². The number of ether oxygens (including phenoxy) is 1. The first kappa shape index (κ1) is 15.5. The first-order chi connectivity index (χ1) is 11.1. The summed E-state index contributed by atoms with van der Waals surface area (Å²) in [6, 6.07) is 16.4. The highest BCUT2D eigenvalue weighted by atomic mass is 35.5. The van der Waals surface area contributed by atoms with Gasteiger partial charge >= 0.3 is 5.97 Å². The largest absolute Gasteiger partial charge is 0.402 e. The van der Waals surface area contributed by atoms with E-state index in [1.54, 1.807) is 30.3 Å². The maximum atomic E-state index is 11.9. The van der Waals surface area contributed by atoms with E-state index >= 15 is 0 Å². The van der Waals surface area contributed by atoms with Crippen molar-refractivity contribution in [3.63, 3.8) is 0 Å². The molecule has 23 heavy (non-hydrogen) atoms. The molecule has 0 aliphatic carbocycles. The van der Waals surface area contributed by atoms with Crippen molar-refractivity contribution in [3.8, 4) is 0 Å². The number of rotatable bonds is 3. The number of carbonyl (C=O) groups is 1. The number of esters is 1. The molecule has 0 radical (unpaired) electrons. The molecule has 0 unspecified atom stereocenters. The summed E-state index contributed by atoms with van der Waals surface area (Å²) in [5, 5.41) is 0.993. The number of aliphatic imine (C=N–C) groups is 1. The molecule has 5 heteroatoms. The molecule has 1 heterocycles. The Balaban J connectivity index is 1.86. The minimum atomic E-state index is -0.533. The highest BCUT2D eigenvalue weighted by Gasteiger charge is 2.24. The van der Waals surface area contributed by atoms with Gasteiger partial charge in [-0.3, -0.25) is 0 Å². The van der Waals surface area contributed by atoms with Gasteiger partial charge in [0.2, 0.25) is 5.90 Å². The van der Waals surface area contributed by atoms with Gasteiger partial charge in [0.15, 0.2) is 5.70 Å². The van der Waals surface area contributed by atoms with Crippen LogP contribution < -0.4 is 0 Å². The van der Waals surface area contributed by atoms with Gasteiger partial charge in [-0.2, -0.15) is 0 Å². The van der Waals surface area contributed by atoms with E-state index in [9.17, 15) is 4.79 Å². The second kappa shape index (κ2) is 6.82. The van der Waals surface area contributed by atoms with E-state index in [1.807, 2.05) is 30.3 Å². The zero-order chi connectivity index (χ0) is 16.2. The van der Waals surface area contributed by atoms with E-state index in [2.05, 4.69) is 4.99 Å². The third-order valence-electron chi connectivity index (χ3n) is 3.09. The molecule has 2 aromatic carbocycles. The number of carbonyl (C=O) groups excluding carboxylic acids is 1. The summed E-state index contributed by atoms with van der Waals surface area (Å²) in [4.78, 5) is 16.1. The Morgan fingerprint density at radius 1 is 1.04 bits per heavy atom. The van der Waals surface area contributed by atoms with E-state index in [4.69, 9.17) is 27.9 Å². The highest BCUT2D eigenvalue weighted by molar-refractivity contribution is 6.33. The summed E-state index contributed by atoms with van der Waals surface area (Å²) < 4.78 is 5.16. The monoisotopic (exact) mass is 343 g/mol. The minimum Gasteiger partial charge on any atom is -0.402 e. The second-order valence-electron chi connectivity index (χ2n) is 4.78. The second-order valence-corrected chi connectivity index (χ2v) is 5.66. The number of benzene rings is 2. The van der Waals surface area contributed by atoms with E-state index < -0.39 is 5.97 Å². The zero-order valence-electron chi connectivity index (χ0n) is 11.9. The number of hydrogen-bond acceptors (Lipinski definition) is 3. The number of cyclic esters (lactones) is 1. The van der Waals surface area contributed by atoms with E-state index in [0.717, 1.165) is 5.56 Å². The van der Waals surface area contributed by atoms with Crippen LogP contribution in [-0.4, -0.2) is 11.9 Å². The topological polar surface area (TPSA) is 38.7 Å². The molecule has 0 amide bonds. The molecule has 0 aromatic heterocycles. The van der Waals surface area contributed by atoms with Gasteiger partial charge in [-0.15, -0.1) is 0 Å². The van der Waals surface area contributed by atoms with Gasteiger partial charge in [0.25, 0.3) is 0 Å². The summed E-state index contributed by atoms with van der Waals surface area (Å²) in [5.41, 5.74) is 1.77. The Kier molecular flexibility index (Phi) is 4.60. The fourth-order valence-electron chi connectivity index (χ4n) is 2.01. The van der Waals surface area contributed by atoms with Crippen molar-refractivity contribution < 1.29 is 9.53 Å². The molecule has 0 atom stereocenters. The quantitative estimate of drug-likeness (QED) is 0.592. The number of allylic oxidation sites excluding steroid dienone is 2. The molecule has 114 valence electrons. The smallest absolute Gasteiger partial charge is 0.363 e. The van der Waals surface area contributed by atoms with Crippen molar-refractivity contribution in [1.29, 1.82) is 0 Å². The summed E-state index contributed by atoms with van der Waals surface area (Å²) in [5.74, 6) is -0.295. The van der Waals surface area contributed by atoms with Crippen LogP contribution in [0.3, 0.4) is 0 Å². The molecule has 0 fully saturated rings. The SMILES string of the molecule is O=C1OC(c2ccc(Cl)cc2)=NC1=CC(Cl)=Cc1ccccc1. The van der Waals surface area contributed by atoms with E-state index in [1.165, 1.54) is 6.08 Å². The maximum absolute atomic E-state index is 11.9. The molecule has 0 spiro atoms. The molecule has 3 nitrogen and oxygen atoms in total. The van der Waals surface area contributed by atoms with Crippen LogP contribution in [0.1, 0.15) is 11.1 Å². The lowest BCUT2D eigenvalue weighted by Crippen LogP contribution is -2.05. The Bertz CT molecular complexity index is 822. The van der Waals surface area contributed by atoms with Gasteiger partial charge in [-0.1, -0.05) is 53.5 Å². The molecule has 0 N–H and O–H groups in total. The van der Waals surface area contributed by atoms with Crippen molar-refractivity contribution >= 4 is 41.1 Å². The van der Waals surface area contributed by atoms with Crippen molar-refractivity contribution in [2.24, 2.45) is 4.99 Å². The Hall–Kier alpha value is -2.36. The third kappa shape index (κ3) is 3.89. The summed E-state index contributed by atoms with van der Waals surface area (Å²) in [6.45, 7) is 0. The lowest BCUT2D eigenvalue weighted by Gasteiger charge is -1.98. The highest BCUT2D eigenvalue weighted by Crippen LogP contribution is 2.21. The molecule has 0 bridgehead atoms. The Labute approximate surface area is 143 Å². The van der Waals surface area contributed by atoms with Crippen molar-refractivity contribution in [2.75, 3.05) is 0 Å². The van der Waals surface area contributed by atoms with Crippen LogP contribution in [-0.2, 0) is 9.53 Å². The third-order valence-corrected chi connectivity index (χ3v) is 3.56. The zero-order valence-corrected chi connectivity index (χ0v) is 13.4. The molecule has 3 rings (SSSR count). The lowest BCUT2D eigenvalue weighted by atomic mass is 10.2. The van der Waals surface area contributed by atoms with Crippen LogP contribution in [0.2, 0.25) is 5.02 Å². The Morgan fingerprint density at radius 2 is 1.74 bits per heavy atom. The van der Waals surface area contributed by atoms with Crippen LogP contribution in [0.15, 0.2) is 76.4 Å². The van der Waals surface area contributed by atoms with E-state index in [0.29, 0.717) is 15.6 Å². The predicted molar refractivity (Wildman–Crippen MR) is 92.4 cm³/mol. The predicted octanol–water partition coefficient (Wildman–Crippen LogP) is 4.81. The first-order valence-electron chi connectivity index (χ1n) is 6.82.